The molecule has 6 heteroatoms. The number of aromatic nitrogens is 1. The maximum absolute atomic E-state index is 12.9. The van der Waals surface area contributed by atoms with Gasteiger partial charge in [-0.15, -0.1) is 0 Å². The molecule has 0 N–H and O–H groups in total. The normalized spacial score (nSPS) is 15.4. The summed E-state index contributed by atoms with van der Waals surface area (Å²) in [4.78, 5) is 38.7. The molecular formula is C19H22N2O4. The molecule has 0 spiro atoms. The number of carbonyl (C=O) groups is 2. The fourth-order valence-electron chi connectivity index (χ4n) is 3.34. The highest BCUT2D eigenvalue weighted by Gasteiger charge is 2.29. The number of hydrogen-bond acceptors (Lipinski definition) is 4. The molecule has 6 nitrogen and oxygen atoms in total. The van der Waals surface area contributed by atoms with Gasteiger partial charge in [-0.2, -0.15) is 0 Å². The molecule has 0 bridgehead atoms. The monoisotopic (exact) mass is 342 g/mol. The molecule has 1 aromatic heterocycles. The molecule has 2 heterocycles. The number of esters is 1. The van der Waals surface area contributed by atoms with E-state index in [1.807, 2.05) is 24.3 Å². The number of nitrogens with zero attached hydrogens (tertiary/aromatic N) is 2. The number of aryl methyl sites for hydroxylation is 1. The Bertz CT molecular complexity index is 863. The Labute approximate surface area is 146 Å². The minimum Gasteiger partial charge on any atom is -0.466 e. The van der Waals surface area contributed by atoms with E-state index in [1.165, 1.54) is 6.07 Å². The van der Waals surface area contributed by atoms with E-state index in [9.17, 15) is 14.4 Å². The van der Waals surface area contributed by atoms with Gasteiger partial charge in [0.2, 0.25) is 0 Å². The SMILES string of the molecule is CCOC(=O)C1CCN(C(=O)c2cc(=O)n(C)c3ccccc23)CC1. The van der Waals surface area contributed by atoms with E-state index < -0.39 is 0 Å². The molecule has 0 radical (unpaired) electrons. The van der Waals surface area contributed by atoms with Crippen LogP contribution >= 0.6 is 0 Å². The van der Waals surface area contributed by atoms with Crippen molar-refractivity contribution in [3.05, 3.63) is 46.2 Å². The predicted molar refractivity (Wildman–Crippen MR) is 94.4 cm³/mol. The lowest BCUT2D eigenvalue weighted by Gasteiger charge is -2.31. The van der Waals surface area contributed by atoms with E-state index in [1.54, 1.807) is 23.4 Å². The van der Waals surface area contributed by atoms with Crippen molar-refractivity contribution in [2.24, 2.45) is 13.0 Å². The highest BCUT2D eigenvalue weighted by Crippen LogP contribution is 2.23. The van der Waals surface area contributed by atoms with E-state index in [0.29, 0.717) is 38.1 Å². The Balaban J connectivity index is 1.83. The fraction of sp³-hybridized carbons (Fsp3) is 0.421. The first-order valence-corrected chi connectivity index (χ1v) is 8.57. The van der Waals surface area contributed by atoms with E-state index >= 15 is 0 Å². The van der Waals surface area contributed by atoms with Crippen molar-refractivity contribution in [3.8, 4) is 0 Å². The summed E-state index contributed by atoms with van der Waals surface area (Å²) in [6.07, 6.45) is 1.18. The number of piperidine rings is 1. The van der Waals surface area contributed by atoms with Gasteiger partial charge in [0.15, 0.2) is 0 Å². The van der Waals surface area contributed by atoms with Gasteiger partial charge in [0, 0.05) is 31.6 Å². The van der Waals surface area contributed by atoms with Crippen LogP contribution in [0.25, 0.3) is 10.9 Å². The van der Waals surface area contributed by atoms with Gasteiger partial charge in [-0.1, -0.05) is 18.2 Å². The third-order valence-corrected chi connectivity index (χ3v) is 4.79. The van der Waals surface area contributed by atoms with Crippen molar-refractivity contribution in [2.45, 2.75) is 19.8 Å². The molecule has 1 aromatic carbocycles. The van der Waals surface area contributed by atoms with Crippen molar-refractivity contribution >= 4 is 22.8 Å². The van der Waals surface area contributed by atoms with Crippen LogP contribution in [0.3, 0.4) is 0 Å². The van der Waals surface area contributed by atoms with Crippen LogP contribution in [0.4, 0.5) is 0 Å². The number of benzene rings is 1. The van der Waals surface area contributed by atoms with E-state index in [-0.39, 0.29) is 23.4 Å². The molecule has 2 aromatic rings. The largest absolute Gasteiger partial charge is 0.466 e. The number of ether oxygens (including phenoxy) is 1. The highest BCUT2D eigenvalue weighted by atomic mass is 16.5. The summed E-state index contributed by atoms with van der Waals surface area (Å²) in [7, 11) is 1.70. The van der Waals surface area contributed by atoms with E-state index in [0.717, 1.165) is 10.9 Å². The van der Waals surface area contributed by atoms with Crippen LogP contribution in [-0.4, -0.2) is 41.0 Å². The molecule has 0 unspecified atom stereocenters. The lowest BCUT2D eigenvalue weighted by molar-refractivity contribution is -0.149. The Hall–Kier alpha value is -2.63. The van der Waals surface area contributed by atoms with Gasteiger partial charge in [-0.25, -0.2) is 0 Å². The summed E-state index contributed by atoms with van der Waals surface area (Å²) in [5.41, 5.74) is 0.955. The predicted octanol–water partition coefficient (Wildman–Crippen LogP) is 1.95. The van der Waals surface area contributed by atoms with Crippen LogP contribution in [0, 0.1) is 5.92 Å². The third kappa shape index (κ3) is 3.29. The van der Waals surface area contributed by atoms with Crippen molar-refractivity contribution in [1.29, 1.82) is 0 Å². The second-order valence-electron chi connectivity index (χ2n) is 6.29. The third-order valence-electron chi connectivity index (χ3n) is 4.79. The van der Waals surface area contributed by atoms with Crippen LogP contribution in [0.2, 0.25) is 0 Å². The number of carbonyl (C=O) groups excluding carboxylic acids is 2. The fourth-order valence-corrected chi connectivity index (χ4v) is 3.34. The number of rotatable bonds is 3. The molecule has 1 aliphatic heterocycles. The number of hydrogen-bond donors (Lipinski definition) is 0. The van der Waals surface area contributed by atoms with Gasteiger partial charge in [0.25, 0.3) is 11.5 Å². The van der Waals surface area contributed by atoms with Crippen molar-refractivity contribution in [1.82, 2.24) is 9.47 Å². The van der Waals surface area contributed by atoms with Gasteiger partial charge < -0.3 is 14.2 Å². The highest BCUT2D eigenvalue weighted by molar-refractivity contribution is 6.06. The minimum atomic E-state index is -0.205. The molecule has 0 atom stereocenters. The molecule has 1 aliphatic rings. The first kappa shape index (κ1) is 17.2. The molecule has 132 valence electrons. The summed E-state index contributed by atoms with van der Waals surface area (Å²) >= 11 is 0. The zero-order valence-electron chi connectivity index (χ0n) is 14.5. The van der Waals surface area contributed by atoms with Gasteiger partial charge in [0.1, 0.15) is 0 Å². The van der Waals surface area contributed by atoms with Gasteiger partial charge in [0.05, 0.1) is 23.6 Å². The molecule has 0 saturated carbocycles. The summed E-state index contributed by atoms with van der Waals surface area (Å²) in [6.45, 7) is 3.15. The zero-order chi connectivity index (χ0) is 18.0. The lowest BCUT2D eigenvalue weighted by atomic mass is 9.96. The Kier molecular flexibility index (Phi) is 4.88. The quantitative estimate of drug-likeness (QED) is 0.800. The van der Waals surface area contributed by atoms with Gasteiger partial charge >= 0.3 is 5.97 Å². The number of likely N-dealkylation sites (tertiary alicyclic amines) is 1. The molecule has 1 saturated heterocycles. The van der Waals surface area contributed by atoms with E-state index in [2.05, 4.69) is 0 Å². The van der Waals surface area contributed by atoms with Crippen molar-refractivity contribution in [2.75, 3.05) is 19.7 Å². The first-order chi connectivity index (χ1) is 12.0. The Morgan fingerprint density at radius 3 is 2.56 bits per heavy atom. The Morgan fingerprint density at radius 1 is 1.20 bits per heavy atom. The van der Waals surface area contributed by atoms with Gasteiger partial charge in [-0.3, -0.25) is 14.4 Å². The molecule has 25 heavy (non-hydrogen) atoms. The maximum Gasteiger partial charge on any atom is 0.309 e. The lowest BCUT2D eigenvalue weighted by Crippen LogP contribution is -2.41. The average molecular weight is 342 g/mol. The molecule has 1 amide bonds. The molecule has 3 rings (SSSR count). The summed E-state index contributed by atoms with van der Waals surface area (Å²) in [5, 5.41) is 0.766. The summed E-state index contributed by atoms with van der Waals surface area (Å²) < 4.78 is 6.60. The number of fused-ring (bicyclic) bond motifs is 1. The van der Waals surface area contributed by atoms with Crippen LogP contribution in [0.1, 0.15) is 30.1 Å². The molecule has 0 aliphatic carbocycles. The van der Waals surface area contributed by atoms with Crippen LogP contribution in [0.15, 0.2) is 35.1 Å². The maximum atomic E-state index is 12.9. The van der Waals surface area contributed by atoms with E-state index in [4.69, 9.17) is 4.74 Å². The van der Waals surface area contributed by atoms with Gasteiger partial charge in [-0.05, 0) is 25.8 Å². The second kappa shape index (κ2) is 7.09. The first-order valence-electron chi connectivity index (χ1n) is 8.57. The second-order valence-corrected chi connectivity index (χ2v) is 6.29. The molecule has 1 fully saturated rings. The topological polar surface area (TPSA) is 68.6 Å². The number of pyridine rings is 1. The van der Waals surface area contributed by atoms with Crippen LogP contribution in [-0.2, 0) is 16.6 Å². The zero-order valence-corrected chi connectivity index (χ0v) is 14.5. The molecular weight excluding hydrogens is 320 g/mol. The van der Waals surface area contributed by atoms with Crippen molar-refractivity contribution < 1.29 is 14.3 Å². The Morgan fingerprint density at radius 2 is 1.88 bits per heavy atom. The average Bonchev–Trinajstić information content (AvgIpc) is 2.64. The van der Waals surface area contributed by atoms with Crippen LogP contribution < -0.4 is 5.56 Å². The number of para-hydroxylation sites is 1. The van der Waals surface area contributed by atoms with Crippen molar-refractivity contribution in [3.63, 3.8) is 0 Å². The minimum absolute atomic E-state index is 0.149. The standard InChI is InChI=1S/C19H22N2O4/c1-3-25-19(24)13-8-10-21(11-9-13)18(23)15-12-17(22)20(2)16-7-5-4-6-14(15)16/h4-7,12-13H,3,8-11H2,1-2H3. The van der Waals surface area contributed by atoms with Crippen LogP contribution in [0.5, 0.6) is 0 Å². The summed E-state index contributed by atoms with van der Waals surface area (Å²) in [6, 6.07) is 8.80. The summed E-state index contributed by atoms with van der Waals surface area (Å²) in [5.74, 6) is -0.491. The smallest absolute Gasteiger partial charge is 0.309 e. The number of amides is 1.